The molecule has 0 unspecified atom stereocenters. The molecule has 0 fully saturated rings. The first kappa shape index (κ1) is 18.8. The molecule has 0 radical (unpaired) electrons. The van der Waals surface area contributed by atoms with Crippen molar-refractivity contribution in [3.63, 3.8) is 0 Å². The molecule has 0 saturated carbocycles. The number of halogens is 1. The van der Waals surface area contributed by atoms with E-state index in [-0.39, 0.29) is 16.3 Å². The van der Waals surface area contributed by atoms with Crippen LogP contribution >= 0.6 is 22.9 Å². The van der Waals surface area contributed by atoms with E-state index in [9.17, 15) is 14.9 Å². The number of hydrogen-bond acceptors (Lipinski definition) is 7. The van der Waals surface area contributed by atoms with Crippen molar-refractivity contribution in [1.29, 1.82) is 0 Å². The lowest BCUT2D eigenvalue weighted by atomic mass is 10.1. The second kappa shape index (κ2) is 7.49. The van der Waals surface area contributed by atoms with E-state index in [2.05, 4.69) is 15.4 Å². The predicted octanol–water partition coefficient (Wildman–Crippen LogP) is 4.71. The van der Waals surface area contributed by atoms with Gasteiger partial charge in [0.1, 0.15) is 17.1 Å². The molecule has 0 saturated heterocycles. The Morgan fingerprint density at radius 1 is 1.34 bits per heavy atom. The molecule has 3 aromatic heterocycles. The van der Waals surface area contributed by atoms with Crippen LogP contribution in [0.15, 0.2) is 52.5 Å². The van der Waals surface area contributed by atoms with Crippen molar-refractivity contribution in [2.45, 2.75) is 6.92 Å². The first-order valence-corrected chi connectivity index (χ1v) is 9.50. The highest BCUT2D eigenvalue weighted by atomic mass is 35.5. The van der Waals surface area contributed by atoms with Crippen molar-refractivity contribution in [1.82, 2.24) is 14.8 Å². The van der Waals surface area contributed by atoms with E-state index in [1.54, 1.807) is 36.8 Å². The number of aryl methyl sites for hydroxylation is 1. The summed E-state index contributed by atoms with van der Waals surface area (Å²) in [5, 5.41) is 20.8. The third kappa shape index (κ3) is 3.75. The highest BCUT2D eigenvalue weighted by Crippen LogP contribution is 2.28. The summed E-state index contributed by atoms with van der Waals surface area (Å²) in [6.45, 7) is 1.76. The van der Waals surface area contributed by atoms with Gasteiger partial charge >= 0.3 is 0 Å². The van der Waals surface area contributed by atoms with Gasteiger partial charge < -0.3 is 9.73 Å². The predicted molar refractivity (Wildman–Crippen MR) is 108 cm³/mol. The Hall–Kier alpha value is -3.50. The third-order valence-corrected chi connectivity index (χ3v) is 4.97. The molecule has 0 spiro atoms. The SMILES string of the molecule is Cc1cc(NC(=O)c2cc(Cl)ccc2[N+](=O)[O-])n(-c2nc(-c3ccco3)cs2)n1. The summed E-state index contributed by atoms with van der Waals surface area (Å²) in [6.07, 6.45) is 1.55. The van der Waals surface area contributed by atoms with Crippen LogP contribution in [-0.2, 0) is 0 Å². The third-order valence-electron chi connectivity index (χ3n) is 3.92. The Balaban J connectivity index is 1.67. The molecule has 0 aliphatic carbocycles. The number of carbonyl (C=O) groups excluding carboxylic acids is 1. The van der Waals surface area contributed by atoms with Crippen molar-refractivity contribution < 1.29 is 14.1 Å². The second-order valence-electron chi connectivity index (χ2n) is 5.95. The number of rotatable bonds is 5. The van der Waals surface area contributed by atoms with E-state index in [4.69, 9.17) is 16.0 Å². The first-order chi connectivity index (χ1) is 13.9. The fourth-order valence-corrected chi connectivity index (χ4v) is 3.61. The summed E-state index contributed by atoms with van der Waals surface area (Å²) in [4.78, 5) is 27.8. The fraction of sp³-hybridized carbons (Fsp3) is 0.0556. The number of nitro benzene ring substituents is 1. The van der Waals surface area contributed by atoms with Gasteiger partial charge in [-0.1, -0.05) is 11.6 Å². The Morgan fingerprint density at radius 3 is 2.90 bits per heavy atom. The molecule has 4 aromatic rings. The number of carbonyl (C=O) groups is 1. The zero-order chi connectivity index (χ0) is 20.5. The Morgan fingerprint density at radius 2 is 2.17 bits per heavy atom. The molecule has 146 valence electrons. The Labute approximate surface area is 172 Å². The number of aromatic nitrogens is 3. The van der Waals surface area contributed by atoms with Crippen LogP contribution in [0.1, 0.15) is 16.1 Å². The quantitative estimate of drug-likeness (QED) is 0.362. The number of benzene rings is 1. The molecule has 0 aliphatic rings. The number of amides is 1. The maximum absolute atomic E-state index is 12.7. The molecule has 11 heteroatoms. The van der Waals surface area contributed by atoms with Crippen molar-refractivity contribution in [2.24, 2.45) is 0 Å². The molecule has 4 rings (SSSR count). The lowest BCUT2D eigenvalue weighted by molar-refractivity contribution is -0.385. The molecule has 1 amide bonds. The minimum absolute atomic E-state index is 0.150. The average molecular weight is 430 g/mol. The van der Waals surface area contributed by atoms with Crippen molar-refractivity contribution >= 4 is 40.4 Å². The van der Waals surface area contributed by atoms with Gasteiger partial charge in [-0.3, -0.25) is 14.9 Å². The highest BCUT2D eigenvalue weighted by Gasteiger charge is 2.23. The largest absolute Gasteiger partial charge is 0.463 e. The van der Waals surface area contributed by atoms with Gasteiger partial charge in [0.25, 0.3) is 11.6 Å². The van der Waals surface area contributed by atoms with Crippen LogP contribution in [0.4, 0.5) is 11.5 Å². The van der Waals surface area contributed by atoms with Gasteiger partial charge in [0, 0.05) is 22.5 Å². The molecule has 3 heterocycles. The molecule has 1 aromatic carbocycles. The molecular weight excluding hydrogens is 418 g/mol. The number of thiazole rings is 1. The second-order valence-corrected chi connectivity index (χ2v) is 7.22. The van der Waals surface area contributed by atoms with Gasteiger partial charge in [0.2, 0.25) is 5.13 Å². The normalized spacial score (nSPS) is 10.8. The molecule has 1 N–H and O–H groups in total. The monoisotopic (exact) mass is 429 g/mol. The van der Waals surface area contributed by atoms with Crippen molar-refractivity contribution in [2.75, 3.05) is 5.32 Å². The molecule has 0 atom stereocenters. The summed E-state index contributed by atoms with van der Waals surface area (Å²) >= 11 is 7.22. The van der Waals surface area contributed by atoms with Crippen LogP contribution in [0.25, 0.3) is 16.6 Å². The van der Waals surface area contributed by atoms with Gasteiger partial charge in [-0.2, -0.15) is 9.78 Å². The maximum atomic E-state index is 12.7. The first-order valence-electron chi connectivity index (χ1n) is 8.24. The zero-order valence-corrected chi connectivity index (χ0v) is 16.4. The minimum Gasteiger partial charge on any atom is -0.463 e. The lowest BCUT2D eigenvalue weighted by Gasteiger charge is -2.07. The molecule has 0 aliphatic heterocycles. The Bertz CT molecular complexity index is 1220. The standard InChI is InChI=1S/C18H12ClN5O4S/c1-10-7-16(21-17(25)12-8-11(19)4-5-14(12)24(26)27)23(22-10)18-20-13(9-29-18)15-3-2-6-28-15/h2-9H,1H3,(H,21,25). The van der Waals surface area contributed by atoms with Crippen LogP contribution in [-0.4, -0.2) is 25.6 Å². The number of nitrogens with one attached hydrogen (secondary N) is 1. The van der Waals surface area contributed by atoms with Crippen LogP contribution in [0.5, 0.6) is 0 Å². The number of nitrogens with zero attached hydrogens (tertiary/aromatic N) is 4. The number of anilines is 1. The van der Waals surface area contributed by atoms with E-state index in [1.807, 2.05) is 0 Å². The zero-order valence-electron chi connectivity index (χ0n) is 14.8. The summed E-state index contributed by atoms with van der Waals surface area (Å²) in [5.74, 6) is 0.252. The molecule has 29 heavy (non-hydrogen) atoms. The summed E-state index contributed by atoms with van der Waals surface area (Å²) < 4.78 is 6.80. The summed E-state index contributed by atoms with van der Waals surface area (Å²) in [7, 11) is 0. The van der Waals surface area contributed by atoms with Gasteiger partial charge in [-0.15, -0.1) is 11.3 Å². The minimum atomic E-state index is -0.678. The average Bonchev–Trinajstić information content (AvgIpc) is 3.41. The van der Waals surface area contributed by atoms with Crippen LogP contribution in [0, 0.1) is 17.0 Å². The molecule has 9 nitrogen and oxygen atoms in total. The van der Waals surface area contributed by atoms with E-state index in [0.717, 1.165) is 0 Å². The van der Waals surface area contributed by atoms with Crippen LogP contribution < -0.4 is 5.32 Å². The molecular formula is C18H12ClN5O4S. The topological polar surface area (TPSA) is 116 Å². The van der Waals surface area contributed by atoms with Crippen LogP contribution in [0.2, 0.25) is 5.02 Å². The van der Waals surface area contributed by atoms with Crippen molar-refractivity contribution in [3.8, 4) is 16.6 Å². The maximum Gasteiger partial charge on any atom is 0.282 e. The lowest BCUT2D eigenvalue weighted by Crippen LogP contribution is -2.16. The molecule has 0 bridgehead atoms. The number of hydrogen-bond donors (Lipinski definition) is 1. The number of furan rings is 1. The Kier molecular flexibility index (Phi) is 4.87. The smallest absolute Gasteiger partial charge is 0.282 e. The fourth-order valence-electron chi connectivity index (χ4n) is 2.67. The van der Waals surface area contributed by atoms with E-state index < -0.39 is 10.8 Å². The van der Waals surface area contributed by atoms with E-state index in [0.29, 0.717) is 28.1 Å². The van der Waals surface area contributed by atoms with Gasteiger partial charge in [-0.05, 0) is 31.2 Å². The summed E-state index contributed by atoms with van der Waals surface area (Å²) in [5.41, 5.74) is 0.772. The summed E-state index contributed by atoms with van der Waals surface area (Å²) in [6, 6.07) is 8.99. The van der Waals surface area contributed by atoms with Gasteiger partial charge in [0.15, 0.2) is 5.76 Å². The van der Waals surface area contributed by atoms with Crippen LogP contribution in [0.3, 0.4) is 0 Å². The highest BCUT2D eigenvalue weighted by molar-refractivity contribution is 7.12. The van der Waals surface area contributed by atoms with E-state index >= 15 is 0 Å². The van der Waals surface area contributed by atoms with Gasteiger partial charge in [0.05, 0.1) is 16.9 Å². The van der Waals surface area contributed by atoms with Gasteiger partial charge in [-0.25, -0.2) is 4.98 Å². The number of nitro groups is 1. The van der Waals surface area contributed by atoms with E-state index in [1.165, 1.54) is 34.2 Å². The van der Waals surface area contributed by atoms with Crippen molar-refractivity contribution in [3.05, 3.63) is 74.4 Å².